The Morgan fingerprint density at radius 3 is 2.43 bits per heavy atom. The lowest BCUT2D eigenvalue weighted by Crippen LogP contribution is -2.54. The minimum Gasteiger partial charge on any atom is -0.496 e. The Balaban J connectivity index is 2.20. The van der Waals surface area contributed by atoms with Gasteiger partial charge in [0, 0.05) is 29.3 Å². The highest BCUT2D eigenvalue weighted by molar-refractivity contribution is 5.89. The molecule has 2 amide bonds. The quantitative estimate of drug-likeness (QED) is 0.617. The van der Waals surface area contributed by atoms with Crippen molar-refractivity contribution in [1.82, 2.24) is 10.6 Å². The van der Waals surface area contributed by atoms with E-state index in [2.05, 4.69) is 35.5 Å². The summed E-state index contributed by atoms with van der Waals surface area (Å²) in [6, 6.07) is 7.38. The van der Waals surface area contributed by atoms with Gasteiger partial charge in [0.15, 0.2) is 0 Å². The molecular weight excluding hydrogens is 350 g/mol. The zero-order valence-electron chi connectivity index (χ0n) is 17.6. The van der Waals surface area contributed by atoms with Crippen molar-refractivity contribution >= 4 is 11.7 Å². The van der Waals surface area contributed by atoms with E-state index in [9.17, 15) is 4.79 Å². The molecule has 0 spiro atoms. The summed E-state index contributed by atoms with van der Waals surface area (Å²) in [6.07, 6.45) is 7.69. The van der Waals surface area contributed by atoms with Crippen LogP contribution in [0.3, 0.4) is 0 Å². The van der Waals surface area contributed by atoms with E-state index < -0.39 is 0 Å². The normalized spacial score (nSPS) is 15.8. The molecular formula is C23H31N3O2. The number of rotatable bonds is 7. The second kappa shape index (κ2) is 9.45. The summed E-state index contributed by atoms with van der Waals surface area (Å²) in [6.45, 7) is 8.28. The van der Waals surface area contributed by atoms with E-state index in [1.54, 1.807) is 13.2 Å². The first kappa shape index (κ1) is 21.5. The van der Waals surface area contributed by atoms with Gasteiger partial charge in [0.25, 0.3) is 0 Å². The molecule has 2 rings (SSSR count). The molecule has 0 saturated carbocycles. The molecule has 0 aromatic heterocycles. The lowest BCUT2D eigenvalue weighted by atomic mass is 9.76. The van der Waals surface area contributed by atoms with Crippen molar-refractivity contribution in [3.05, 3.63) is 71.2 Å². The second-order valence-electron chi connectivity index (χ2n) is 7.60. The molecule has 1 aliphatic rings. The Bertz CT molecular complexity index is 813. The van der Waals surface area contributed by atoms with Crippen LogP contribution in [-0.4, -0.2) is 31.8 Å². The number of urea groups is 1. The van der Waals surface area contributed by atoms with Gasteiger partial charge >= 0.3 is 6.03 Å². The number of hydrogen-bond donors (Lipinski definition) is 3. The zero-order chi connectivity index (χ0) is 20.7. The highest BCUT2D eigenvalue weighted by Crippen LogP contribution is 2.30. The van der Waals surface area contributed by atoms with Crippen LogP contribution in [-0.2, 0) is 4.74 Å². The maximum absolute atomic E-state index is 12.6. The lowest BCUT2D eigenvalue weighted by Gasteiger charge is -2.39. The number of benzene rings is 1. The van der Waals surface area contributed by atoms with Gasteiger partial charge in [-0.05, 0) is 64.6 Å². The number of methoxy groups -OCH3 is 1. The smallest absolute Gasteiger partial charge is 0.319 e. The number of hydrogen-bond acceptors (Lipinski definition) is 3. The summed E-state index contributed by atoms with van der Waals surface area (Å²) in [5, 5.41) is 9.36. The fourth-order valence-electron chi connectivity index (χ4n) is 3.40. The molecule has 0 heterocycles. The number of nitrogens with one attached hydrogen (secondary N) is 3. The Hall–Kier alpha value is -2.75. The van der Waals surface area contributed by atoms with Gasteiger partial charge in [0.2, 0.25) is 0 Å². The van der Waals surface area contributed by atoms with Crippen molar-refractivity contribution in [2.45, 2.75) is 39.3 Å². The highest BCUT2D eigenvalue weighted by Gasteiger charge is 2.35. The summed E-state index contributed by atoms with van der Waals surface area (Å²) in [5.74, 6) is 0.750. The van der Waals surface area contributed by atoms with Gasteiger partial charge in [0.05, 0.1) is 7.11 Å². The van der Waals surface area contributed by atoms with Gasteiger partial charge in [-0.1, -0.05) is 23.8 Å². The van der Waals surface area contributed by atoms with Crippen LogP contribution in [0.1, 0.15) is 26.3 Å². The molecule has 150 valence electrons. The van der Waals surface area contributed by atoms with Crippen LogP contribution in [0.4, 0.5) is 10.5 Å². The van der Waals surface area contributed by atoms with Crippen LogP contribution < -0.4 is 16.0 Å². The molecule has 1 aliphatic carbocycles. The standard InChI is InChI=1S/C23H31N3O2/c1-16-10-13-19(14-11-16)26-22(27)25-17(2)21(23(3,4)24-5)18-8-7-9-20(28-6)15-12-18/h8-15,17,21,24H,1-6H3,(H2,25,26,27)/t17-,21-/m1/s1. The maximum Gasteiger partial charge on any atom is 0.319 e. The van der Waals surface area contributed by atoms with Gasteiger partial charge in [-0.2, -0.15) is 0 Å². The molecule has 0 radical (unpaired) electrons. The highest BCUT2D eigenvalue weighted by atomic mass is 16.5. The summed E-state index contributed by atoms with van der Waals surface area (Å²) >= 11 is 0. The van der Waals surface area contributed by atoms with E-state index in [-0.39, 0.29) is 23.5 Å². The minimum absolute atomic E-state index is 0.00891. The third-order valence-corrected chi connectivity index (χ3v) is 5.10. The lowest BCUT2D eigenvalue weighted by molar-refractivity contribution is 0.229. The Morgan fingerprint density at radius 2 is 1.82 bits per heavy atom. The first-order chi connectivity index (χ1) is 13.3. The minimum atomic E-state index is -0.258. The second-order valence-corrected chi connectivity index (χ2v) is 7.60. The predicted molar refractivity (Wildman–Crippen MR) is 115 cm³/mol. The first-order valence-electron chi connectivity index (χ1n) is 9.48. The van der Waals surface area contributed by atoms with E-state index in [4.69, 9.17) is 4.74 Å². The fraction of sp³-hybridized carbons (Fsp3) is 0.391. The first-order valence-corrected chi connectivity index (χ1v) is 9.48. The number of allylic oxidation sites excluding steroid dienone is 3. The van der Waals surface area contributed by atoms with Gasteiger partial charge < -0.3 is 20.7 Å². The number of anilines is 1. The molecule has 1 aromatic rings. The van der Waals surface area contributed by atoms with Crippen molar-refractivity contribution in [3.8, 4) is 0 Å². The number of carbonyl (C=O) groups excluding carboxylic acids is 1. The molecule has 5 nitrogen and oxygen atoms in total. The Morgan fingerprint density at radius 1 is 1.14 bits per heavy atom. The zero-order valence-corrected chi connectivity index (χ0v) is 17.6. The molecule has 1 aromatic carbocycles. The van der Waals surface area contributed by atoms with E-state index in [1.807, 2.05) is 63.4 Å². The van der Waals surface area contributed by atoms with Crippen LogP contribution in [0.5, 0.6) is 0 Å². The fourth-order valence-corrected chi connectivity index (χ4v) is 3.40. The molecule has 0 bridgehead atoms. The monoisotopic (exact) mass is 381 g/mol. The van der Waals surface area contributed by atoms with Gasteiger partial charge in [-0.3, -0.25) is 0 Å². The van der Waals surface area contributed by atoms with E-state index in [0.29, 0.717) is 0 Å². The summed E-state index contributed by atoms with van der Waals surface area (Å²) < 4.78 is 5.29. The third-order valence-electron chi connectivity index (χ3n) is 5.10. The average Bonchev–Trinajstić information content (AvgIpc) is 2.89. The Labute approximate surface area is 168 Å². The number of aryl methyl sites for hydroxylation is 1. The molecule has 28 heavy (non-hydrogen) atoms. The molecule has 0 saturated heterocycles. The summed E-state index contributed by atoms with van der Waals surface area (Å²) in [7, 11) is 3.57. The molecule has 0 fully saturated rings. The molecule has 5 heteroatoms. The van der Waals surface area contributed by atoms with Gasteiger partial charge in [-0.15, -0.1) is 5.73 Å². The molecule has 0 unspecified atom stereocenters. The number of amides is 2. The largest absolute Gasteiger partial charge is 0.496 e. The van der Waals surface area contributed by atoms with Gasteiger partial charge in [0.1, 0.15) is 5.76 Å². The van der Waals surface area contributed by atoms with Gasteiger partial charge in [-0.25, -0.2) is 4.79 Å². The SMILES string of the molecule is CNC(C)(C)[C@@H](C1=CC=C(OC)C=C=C1)[C@@H](C)NC(=O)Nc1ccc(C)cc1. The van der Waals surface area contributed by atoms with Crippen LogP contribution in [0, 0.1) is 12.8 Å². The molecule has 3 N–H and O–H groups in total. The van der Waals surface area contributed by atoms with Crippen LogP contribution in [0.2, 0.25) is 0 Å². The van der Waals surface area contributed by atoms with E-state index >= 15 is 0 Å². The van der Waals surface area contributed by atoms with Crippen molar-refractivity contribution in [2.24, 2.45) is 5.92 Å². The molecule has 2 atom stereocenters. The Kier molecular flexibility index (Phi) is 7.27. The topological polar surface area (TPSA) is 62.4 Å². The molecule has 0 aliphatic heterocycles. The van der Waals surface area contributed by atoms with E-state index in [1.165, 1.54) is 0 Å². The summed E-state index contributed by atoms with van der Waals surface area (Å²) in [5.41, 5.74) is 5.88. The van der Waals surface area contributed by atoms with Crippen molar-refractivity contribution in [1.29, 1.82) is 0 Å². The van der Waals surface area contributed by atoms with Crippen molar-refractivity contribution < 1.29 is 9.53 Å². The number of ether oxygens (including phenoxy) is 1. The van der Waals surface area contributed by atoms with Crippen molar-refractivity contribution in [3.63, 3.8) is 0 Å². The van der Waals surface area contributed by atoms with Crippen LogP contribution >= 0.6 is 0 Å². The van der Waals surface area contributed by atoms with Crippen molar-refractivity contribution in [2.75, 3.05) is 19.5 Å². The summed E-state index contributed by atoms with van der Waals surface area (Å²) in [4.78, 5) is 12.6. The van der Waals surface area contributed by atoms with Crippen LogP contribution in [0.25, 0.3) is 0 Å². The maximum atomic E-state index is 12.6. The predicted octanol–water partition coefficient (Wildman–Crippen LogP) is 4.30. The number of carbonyl (C=O) groups is 1. The van der Waals surface area contributed by atoms with E-state index in [0.717, 1.165) is 22.6 Å². The third kappa shape index (κ3) is 5.62. The van der Waals surface area contributed by atoms with Crippen LogP contribution in [0.15, 0.2) is 65.6 Å². The average molecular weight is 382 g/mol.